The Bertz CT molecular complexity index is 797. The smallest absolute Gasteiger partial charge is 0.326 e. The molecule has 1 aromatic rings. The van der Waals surface area contributed by atoms with E-state index in [1.165, 1.54) is 17.4 Å². The van der Waals surface area contributed by atoms with Crippen LogP contribution in [0.25, 0.3) is 0 Å². The van der Waals surface area contributed by atoms with Gasteiger partial charge in [0.05, 0.1) is 25.3 Å². The van der Waals surface area contributed by atoms with Crippen molar-refractivity contribution in [1.29, 1.82) is 0 Å². The van der Waals surface area contributed by atoms with Crippen molar-refractivity contribution >= 4 is 29.6 Å². The molecule has 3 atom stereocenters. The number of nitrogens with two attached hydrogens (primary N) is 2. The number of carbonyl (C=O) groups excluding carboxylic acids is 4. The van der Waals surface area contributed by atoms with Gasteiger partial charge in [0.2, 0.25) is 23.6 Å². The number of hydrogen-bond donors (Lipinski definition) is 6. The summed E-state index contributed by atoms with van der Waals surface area (Å²) in [4.78, 5) is 67.2. The van der Waals surface area contributed by atoms with Gasteiger partial charge in [0, 0.05) is 24.9 Å². The maximum atomic E-state index is 12.9. The Hall–Kier alpha value is -3.48. The molecule has 3 unspecified atom stereocenters. The largest absolute Gasteiger partial charge is 0.480 e. The number of carbonyl (C=O) groups is 5. The summed E-state index contributed by atoms with van der Waals surface area (Å²) < 4.78 is 0. The third-order valence-electron chi connectivity index (χ3n) is 4.61. The molecule has 0 aromatic carbocycles. The van der Waals surface area contributed by atoms with Crippen molar-refractivity contribution in [3.05, 3.63) is 18.2 Å². The zero-order valence-corrected chi connectivity index (χ0v) is 16.2. The quantitative estimate of drug-likeness (QED) is 0.225. The van der Waals surface area contributed by atoms with E-state index in [0.717, 1.165) is 0 Å². The Kier molecular flexibility index (Phi) is 7.86. The number of nitrogens with zero attached hydrogens (tertiary/aromatic N) is 2. The highest BCUT2D eigenvalue weighted by molar-refractivity contribution is 5.93. The predicted molar refractivity (Wildman–Crippen MR) is 101 cm³/mol. The monoisotopic (exact) mass is 423 g/mol. The van der Waals surface area contributed by atoms with Gasteiger partial charge >= 0.3 is 5.97 Å². The summed E-state index contributed by atoms with van der Waals surface area (Å²) in [6.45, 7) is -0.218. The molecule has 0 aliphatic carbocycles. The predicted octanol–water partition coefficient (Wildman–Crippen LogP) is -3.17. The summed E-state index contributed by atoms with van der Waals surface area (Å²) in [7, 11) is 0. The molecule has 0 saturated carbocycles. The Morgan fingerprint density at radius 1 is 1.33 bits per heavy atom. The van der Waals surface area contributed by atoms with Crippen molar-refractivity contribution in [2.75, 3.05) is 13.1 Å². The van der Waals surface area contributed by atoms with E-state index >= 15 is 0 Å². The van der Waals surface area contributed by atoms with Crippen LogP contribution in [0.3, 0.4) is 0 Å². The fourth-order valence-electron chi connectivity index (χ4n) is 3.16. The van der Waals surface area contributed by atoms with Crippen LogP contribution in [0.15, 0.2) is 12.5 Å². The Morgan fingerprint density at radius 3 is 2.67 bits per heavy atom. The fraction of sp³-hybridized carbons (Fsp3) is 0.529. The number of carboxylic acid groups (broad SMARTS) is 1. The number of amides is 4. The number of likely N-dealkylation sites (tertiary alicyclic amines) is 1. The number of rotatable bonds is 10. The van der Waals surface area contributed by atoms with Crippen LogP contribution in [0.2, 0.25) is 0 Å². The van der Waals surface area contributed by atoms with Crippen LogP contribution in [-0.2, 0) is 30.4 Å². The van der Waals surface area contributed by atoms with Crippen LogP contribution < -0.4 is 22.1 Å². The molecule has 30 heavy (non-hydrogen) atoms. The number of aromatic nitrogens is 2. The van der Waals surface area contributed by atoms with E-state index in [4.69, 9.17) is 11.5 Å². The van der Waals surface area contributed by atoms with Crippen LogP contribution in [-0.4, -0.2) is 80.8 Å². The van der Waals surface area contributed by atoms with Gasteiger partial charge in [-0.1, -0.05) is 0 Å². The van der Waals surface area contributed by atoms with Gasteiger partial charge in [-0.15, -0.1) is 0 Å². The molecule has 1 aliphatic heterocycles. The second-order valence-electron chi connectivity index (χ2n) is 6.92. The van der Waals surface area contributed by atoms with Crippen LogP contribution >= 0.6 is 0 Å². The fourth-order valence-corrected chi connectivity index (χ4v) is 3.16. The third kappa shape index (κ3) is 6.27. The first-order valence-electron chi connectivity index (χ1n) is 9.30. The highest BCUT2D eigenvalue weighted by Crippen LogP contribution is 2.19. The van der Waals surface area contributed by atoms with E-state index in [1.54, 1.807) is 0 Å². The van der Waals surface area contributed by atoms with Gasteiger partial charge in [-0.25, -0.2) is 9.78 Å². The number of nitrogens with one attached hydrogen (secondary N) is 3. The zero-order valence-electron chi connectivity index (χ0n) is 16.2. The maximum Gasteiger partial charge on any atom is 0.326 e. The lowest BCUT2D eigenvalue weighted by atomic mass is 10.1. The van der Waals surface area contributed by atoms with E-state index in [1.807, 2.05) is 0 Å². The molecule has 13 heteroatoms. The van der Waals surface area contributed by atoms with Gasteiger partial charge in [0.1, 0.15) is 12.1 Å². The molecule has 1 fully saturated rings. The highest BCUT2D eigenvalue weighted by atomic mass is 16.4. The number of carboxylic acids is 1. The molecule has 1 aliphatic rings. The zero-order chi connectivity index (χ0) is 22.3. The molecule has 2 heterocycles. The molecule has 0 spiro atoms. The van der Waals surface area contributed by atoms with Crippen LogP contribution in [0.1, 0.15) is 25.0 Å². The van der Waals surface area contributed by atoms with Crippen molar-refractivity contribution in [2.45, 2.75) is 43.8 Å². The number of imidazole rings is 1. The minimum atomic E-state index is -1.20. The van der Waals surface area contributed by atoms with Gasteiger partial charge in [0.25, 0.3) is 0 Å². The molecular formula is C17H25N7O6. The lowest BCUT2D eigenvalue weighted by Gasteiger charge is -2.27. The summed E-state index contributed by atoms with van der Waals surface area (Å²) in [5.41, 5.74) is 11.0. The highest BCUT2D eigenvalue weighted by Gasteiger charge is 2.37. The minimum Gasteiger partial charge on any atom is -0.480 e. The number of aliphatic carboxylic acids is 1. The van der Waals surface area contributed by atoms with Crippen molar-refractivity contribution in [1.82, 2.24) is 25.5 Å². The summed E-state index contributed by atoms with van der Waals surface area (Å²) >= 11 is 0. The molecule has 164 valence electrons. The number of H-pyrrole nitrogens is 1. The Labute approximate surface area is 171 Å². The van der Waals surface area contributed by atoms with Gasteiger partial charge in [-0.3, -0.25) is 19.2 Å². The molecule has 8 N–H and O–H groups in total. The second kappa shape index (κ2) is 10.3. The molecule has 2 rings (SSSR count). The molecule has 1 saturated heterocycles. The summed E-state index contributed by atoms with van der Waals surface area (Å²) in [6.07, 6.45) is 3.45. The van der Waals surface area contributed by atoms with Crippen molar-refractivity contribution in [2.24, 2.45) is 11.5 Å². The number of hydrogen-bond acceptors (Lipinski definition) is 7. The topological polar surface area (TPSA) is 214 Å². The summed E-state index contributed by atoms with van der Waals surface area (Å²) in [6, 6.07) is -3.21. The first-order valence-corrected chi connectivity index (χ1v) is 9.30. The lowest BCUT2D eigenvalue weighted by molar-refractivity contribution is -0.149. The van der Waals surface area contributed by atoms with Gasteiger partial charge in [-0.2, -0.15) is 0 Å². The first kappa shape index (κ1) is 22.8. The molecular weight excluding hydrogens is 398 g/mol. The Balaban J connectivity index is 2.01. The second-order valence-corrected chi connectivity index (χ2v) is 6.92. The van der Waals surface area contributed by atoms with Crippen molar-refractivity contribution in [3.8, 4) is 0 Å². The summed E-state index contributed by atoms with van der Waals surface area (Å²) in [5, 5.41) is 14.1. The third-order valence-corrected chi connectivity index (χ3v) is 4.61. The molecule has 4 amide bonds. The maximum absolute atomic E-state index is 12.9. The molecule has 0 radical (unpaired) electrons. The average molecular weight is 423 g/mol. The van der Waals surface area contributed by atoms with Crippen molar-refractivity contribution < 1.29 is 29.1 Å². The van der Waals surface area contributed by atoms with E-state index in [9.17, 15) is 29.1 Å². The van der Waals surface area contributed by atoms with Gasteiger partial charge in [0.15, 0.2) is 0 Å². The van der Waals surface area contributed by atoms with E-state index in [-0.39, 0.29) is 19.4 Å². The van der Waals surface area contributed by atoms with E-state index in [2.05, 4.69) is 20.6 Å². The van der Waals surface area contributed by atoms with Crippen LogP contribution in [0.4, 0.5) is 0 Å². The Morgan fingerprint density at radius 2 is 2.07 bits per heavy atom. The molecule has 1 aromatic heterocycles. The van der Waals surface area contributed by atoms with E-state index < -0.39 is 54.3 Å². The van der Waals surface area contributed by atoms with Gasteiger partial charge < -0.3 is 37.1 Å². The molecule has 13 nitrogen and oxygen atoms in total. The SMILES string of the molecule is NC(=O)CC(N)C(=O)NCC(=O)NC(Cc1cnc[nH]1)C(=O)N1CCCC1C(=O)O. The van der Waals surface area contributed by atoms with Crippen molar-refractivity contribution in [3.63, 3.8) is 0 Å². The first-order chi connectivity index (χ1) is 14.2. The molecule has 0 bridgehead atoms. The number of aromatic amines is 1. The standard InChI is InChI=1S/C17H25N7O6/c18-10(5-13(19)25)15(27)21-7-14(26)23-11(4-9-6-20-8-22-9)16(28)24-3-1-2-12(24)17(29)30/h6,8,10-12H,1-5,7,18H2,(H2,19,25)(H,20,22)(H,21,27)(H,23,26)(H,29,30). The van der Waals surface area contributed by atoms with Crippen LogP contribution in [0, 0.1) is 0 Å². The lowest BCUT2D eigenvalue weighted by Crippen LogP contribution is -2.54. The normalized spacial score (nSPS) is 17.8. The minimum absolute atomic E-state index is 0.0581. The summed E-state index contributed by atoms with van der Waals surface area (Å²) in [5.74, 6) is -3.84. The van der Waals surface area contributed by atoms with E-state index in [0.29, 0.717) is 18.5 Å². The number of primary amides is 1. The average Bonchev–Trinajstić information content (AvgIpc) is 3.36. The van der Waals surface area contributed by atoms with Crippen LogP contribution in [0.5, 0.6) is 0 Å². The van der Waals surface area contributed by atoms with Gasteiger partial charge in [-0.05, 0) is 12.8 Å².